The molecular formula is C26H28BrNO5. The zero-order valence-electron chi connectivity index (χ0n) is 19.2. The highest BCUT2D eigenvalue weighted by Crippen LogP contribution is 2.46. The summed E-state index contributed by atoms with van der Waals surface area (Å²) in [5.74, 6) is 1.62. The first kappa shape index (κ1) is 23.4. The lowest BCUT2D eigenvalue weighted by atomic mass is 9.73. The van der Waals surface area contributed by atoms with E-state index in [-0.39, 0.29) is 36.1 Å². The van der Waals surface area contributed by atoms with Crippen molar-refractivity contribution in [3.05, 3.63) is 63.3 Å². The summed E-state index contributed by atoms with van der Waals surface area (Å²) in [6.45, 7) is 3.97. The first-order valence-electron chi connectivity index (χ1n) is 11.0. The molecule has 174 valence electrons. The molecule has 1 aliphatic carbocycles. The summed E-state index contributed by atoms with van der Waals surface area (Å²) >= 11 is 3.53. The van der Waals surface area contributed by atoms with Gasteiger partial charge in [0.25, 0.3) is 0 Å². The fourth-order valence-corrected chi connectivity index (χ4v) is 5.33. The minimum absolute atomic E-state index is 0.0144. The minimum atomic E-state index is -0.319. The Labute approximate surface area is 202 Å². The van der Waals surface area contributed by atoms with Gasteiger partial charge in [0.05, 0.1) is 24.8 Å². The molecule has 1 amide bonds. The summed E-state index contributed by atoms with van der Waals surface area (Å²) in [4.78, 5) is 26.0. The highest BCUT2D eigenvalue weighted by atomic mass is 79.9. The maximum Gasteiger partial charge on any atom is 0.225 e. The Bertz CT molecular complexity index is 1110. The van der Waals surface area contributed by atoms with Crippen LogP contribution in [0.1, 0.15) is 56.1 Å². The topological polar surface area (TPSA) is 73.9 Å². The molecule has 1 aliphatic heterocycles. The van der Waals surface area contributed by atoms with Crippen LogP contribution in [0.25, 0.3) is 0 Å². The molecule has 0 aromatic heterocycles. The number of benzene rings is 2. The second-order valence-corrected chi connectivity index (χ2v) is 9.55. The van der Waals surface area contributed by atoms with Crippen LogP contribution in [0.2, 0.25) is 0 Å². The molecule has 2 aromatic carbocycles. The third kappa shape index (κ3) is 4.78. The van der Waals surface area contributed by atoms with Crippen LogP contribution in [0.4, 0.5) is 0 Å². The Morgan fingerprint density at radius 3 is 2.33 bits per heavy atom. The summed E-state index contributed by atoms with van der Waals surface area (Å²) < 4.78 is 17.3. The number of hydrogen-bond donors (Lipinski definition) is 1. The van der Waals surface area contributed by atoms with E-state index in [4.69, 9.17) is 14.2 Å². The highest BCUT2D eigenvalue weighted by molar-refractivity contribution is 9.10. The summed E-state index contributed by atoms with van der Waals surface area (Å²) in [5.41, 5.74) is 3.34. The number of ether oxygens (including phenoxy) is 3. The summed E-state index contributed by atoms with van der Waals surface area (Å²) in [7, 11) is 3.14. The van der Waals surface area contributed by atoms with E-state index in [1.165, 1.54) is 0 Å². The molecule has 2 aliphatic rings. The minimum Gasteiger partial charge on any atom is -0.493 e. The quantitative estimate of drug-likeness (QED) is 0.570. The van der Waals surface area contributed by atoms with Crippen molar-refractivity contribution in [3.63, 3.8) is 0 Å². The zero-order valence-corrected chi connectivity index (χ0v) is 20.8. The van der Waals surface area contributed by atoms with Crippen molar-refractivity contribution < 1.29 is 23.8 Å². The fourth-order valence-electron chi connectivity index (χ4n) is 4.71. The molecule has 1 heterocycles. The van der Waals surface area contributed by atoms with Crippen LogP contribution in [0.5, 0.6) is 17.2 Å². The first-order valence-corrected chi connectivity index (χ1v) is 11.8. The Balaban J connectivity index is 1.66. The number of carbonyl (C=O) groups excluding carboxylic acids is 2. The van der Waals surface area contributed by atoms with Gasteiger partial charge in [-0.1, -0.05) is 12.1 Å². The molecular weight excluding hydrogens is 486 g/mol. The molecule has 0 saturated heterocycles. The highest BCUT2D eigenvalue weighted by Gasteiger charge is 2.38. The lowest BCUT2D eigenvalue weighted by Gasteiger charge is -2.34. The second kappa shape index (κ2) is 9.59. The summed E-state index contributed by atoms with van der Waals surface area (Å²) in [6.07, 6.45) is 1.34. The smallest absolute Gasteiger partial charge is 0.225 e. The molecule has 0 spiro atoms. The number of Topliss-reactive ketones (excluding diaryl/α,β-unsaturated/α-hetero) is 1. The van der Waals surface area contributed by atoms with E-state index in [9.17, 15) is 9.59 Å². The van der Waals surface area contributed by atoms with Gasteiger partial charge in [-0.25, -0.2) is 0 Å². The average Bonchev–Trinajstić information content (AvgIpc) is 2.77. The SMILES string of the molecule is COc1cc(C2CC(=O)NC3=C2C(=O)CC(c2ccc(OC(C)C)cc2)C3)cc(Br)c1OC. The van der Waals surface area contributed by atoms with E-state index >= 15 is 0 Å². The van der Waals surface area contributed by atoms with Crippen molar-refractivity contribution in [1.29, 1.82) is 0 Å². The van der Waals surface area contributed by atoms with Gasteiger partial charge in [-0.15, -0.1) is 0 Å². The van der Waals surface area contributed by atoms with E-state index < -0.39 is 0 Å². The maximum atomic E-state index is 13.4. The van der Waals surface area contributed by atoms with Gasteiger partial charge in [0.15, 0.2) is 17.3 Å². The van der Waals surface area contributed by atoms with Crippen molar-refractivity contribution in [2.24, 2.45) is 0 Å². The van der Waals surface area contributed by atoms with Crippen LogP contribution in [0.15, 0.2) is 52.1 Å². The molecule has 2 aromatic rings. The van der Waals surface area contributed by atoms with Gasteiger partial charge in [-0.3, -0.25) is 9.59 Å². The Kier molecular flexibility index (Phi) is 6.79. The van der Waals surface area contributed by atoms with Gasteiger partial charge in [-0.2, -0.15) is 0 Å². The molecule has 6 nitrogen and oxygen atoms in total. The maximum absolute atomic E-state index is 13.4. The lowest BCUT2D eigenvalue weighted by molar-refractivity contribution is -0.122. The standard InChI is InChI=1S/C26H28BrNO5/c1-14(2)33-18-7-5-15(6-8-18)16-10-21-25(22(29)11-16)19(13-24(30)28-21)17-9-20(27)26(32-4)23(12-17)31-3/h5-9,12,14,16,19H,10-11,13H2,1-4H3,(H,28,30). The normalized spacial score (nSPS) is 20.4. The van der Waals surface area contributed by atoms with Crippen LogP contribution in [-0.2, 0) is 9.59 Å². The van der Waals surface area contributed by atoms with E-state index in [0.717, 1.165) is 27.0 Å². The molecule has 1 N–H and O–H groups in total. The van der Waals surface area contributed by atoms with Gasteiger partial charge < -0.3 is 19.5 Å². The van der Waals surface area contributed by atoms with Crippen molar-refractivity contribution in [3.8, 4) is 17.2 Å². The van der Waals surface area contributed by atoms with E-state index in [1.807, 2.05) is 50.2 Å². The van der Waals surface area contributed by atoms with Crippen LogP contribution in [0.3, 0.4) is 0 Å². The van der Waals surface area contributed by atoms with Crippen molar-refractivity contribution in [2.75, 3.05) is 14.2 Å². The molecule has 7 heteroatoms. The van der Waals surface area contributed by atoms with Crippen LogP contribution in [-0.4, -0.2) is 32.0 Å². The lowest BCUT2D eigenvalue weighted by Crippen LogP contribution is -2.38. The van der Waals surface area contributed by atoms with Gasteiger partial charge in [0.1, 0.15) is 5.75 Å². The van der Waals surface area contributed by atoms with Crippen molar-refractivity contribution >= 4 is 27.6 Å². The molecule has 4 rings (SSSR count). The number of rotatable bonds is 6. The van der Waals surface area contributed by atoms with E-state index in [1.54, 1.807) is 14.2 Å². The van der Waals surface area contributed by atoms with Crippen LogP contribution in [0, 0.1) is 0 Å². The molecule has 0 radical (unpaired) electrons. The molecule has 2 unspecified atom stereocenters. The molecule has 2 atom stereocenters. The number of hydrogen-bond acceptors (Lipinski definition) is 5. The Hall–Kier alpha value is -2.80. The molecule has 0 fully saturated rings. The number of methoxy groups -OCH3 is 2. The molecule has 33 heavy (non-hydrogen) atoms. The number of carbonyl (C=O) groups is 2. The van der Waals surface area contributed by atoms with Gasteiger partial charge in [-0.05, 0) is 77.5 Å². The monoisotopic (exact) mass is 513 g/mol. The van der Waals surface area contributed by atoms with Gasteiger partial charge in [0.2, 0.25) is 5.91 Å². The van der Waals surface area contributed by atoms with Gasteiger partial charge >= 0.3 is 0 Å². The van der Waals surface area contributed by atoms with Gasteiger partial charge in [0, 0.05) is 30.0 Å². The Morgan fingerprint density at radius 1 is 0.970 bits per heavy atom. The summed E-state index contributed by atoms with van der Waals surface area (Å²) in [6, 6.07) is 11.6. The number of nitrogens with one attached hydrogen (secondary N) is 1. The predicted octanol–water partition coefficient (Wildman–Crippen LogP) is 5.26. The first-order chi connectivity index (χ1) is 15.8. The fraction of sp³-hybridized carbons (Fsp3) is 0.385. The molecule has 0 bridgehead atoms. The van der Waals surface area contributed by atoms with Crippen molar-refractivity contribution in [2.45, 2.75) is 51.0 Å². The largest absolute Gasteiger partial charge is 0.493 e. The summed E-state index contributed by atoms with van der Waals surface area (Å²) in [5, 5.41) is 2.98. The number of ketones is 1. The zero-order chi connectivity index (χ0) is 23.7. The van der Waals surface area contributed by atoms with Crippen LogP contribution < -0.4 is 19.5 Å². The van der Waals surface area contributed by atoms with E-state index in [0.29, 0.717) is 29.9 Å². The van der Waals surface area contributed by atoms with Crippen molar-refractivity contribution in [1.82, 2.24) is 5.32 Å². The number of amides is 1. The second-order valence-electron chi connectivity index (χ2n) is 8.70. The number of allylic oxidation sites excluding steroid dienone is 2. The molecule has 0 saturated carbocycles. The third-order valence-electron chi connectivity index (χ3n) is 6.12. The number of halogens is 1. The Morgan fingerprint density at radius 2 is 1.70 bits per heavy atom. The van der Waals surface area contributed by atoms with E-state index in [2.05, 4.69) is 21.2 Å². The third-order valence-corrected chi connectivity index (χ3v) is 6.71. The average molecular weight is 514 g/mol. The van der Waals surface area contributed by atoms with Crippen LogP contribution >= 0.6 is 15.9 Å². The predicted molar refractivity (Wildman–Crippen MR) is 129 cm³/mol.